The summed E-state index contributed by atoms with van der Waals surface area (Å²) in [6.07, 6.45) is 0.527. The summed E-state index contributed by atoms with van der Waals surface area (Å²) in [5.74, 6) is 0.199. The highest BCUT2D eigenvalue weighted by Crippen LogP contribution is 2.21. The SMILES string of the molecule is CCC(NC(=O)c1cc([N+](=O)[O-])ccc1N)c1noc(C)n1. The first-order valence-corrected chi connectivity index (χ1v) is 6.57. The number of nitrogens with one attached hydrogen (secondary N) is 1. The molecule has 9 heteroatoms. The van der Waals surface area contributed by atoms with Crippen LogP contribution in [0.5, 0.6) is 0 Å². The summed E-state index contributed by atoms with van der Waals surface area (Å²) in [5, 5.41) is 17.2. The summed E-state index contributed by atoms with van der Waals surface area (Å²) in [4.78, 5) is 26.6. The number of aryl methyl sites for hydroxylation is 1. The van der Waals surface area contributed by atoms with Gasteiger partial charge in [0.25, 0.3) is 11.6 Å². The largest absolute Gasteiger partial charge is 0.398 e. The highest BCUT2D eigenvalue weighted by molar-refractivity contribution is 5.99. The van der Waals surface area contributed by atoms with E-state index >= 15 is 0 Å². The van der Waals surface area contributed by atoms with E-state index < -0.39 is 16.9 Å². The first-order chi connectivity index (χ1) is 10.4. The molecule has 0 fully saturated rings. The summed E-state index contributed by atoms with van der Waals surface area (Å²) in [7, 11) is 0. The molecule has 1 heterocycles. The van der Waals surface area contributed by atoms with E-state index in [1.165, 1.54) is 12.1 Å². The number of hydrogen-bond acceptors (Lipinski definition) is 7. The van der Waals surface area contributed by atoms with Gasteiger partial charge in [-0.05, 0) is 12.5 Å². The molecule has 2 aromatic rings. The molecule has 0 aliphatic rings. The molecule has 0 aliphatic carbocycles. The lowest BCUT2D eigenvalue weighted by Crippen LogP contribution is -2.29. The molecule has 3 N–H and O–H groups in total. The standard InChI is InChI=1S/C13H15N5O4/c1-3-11(12-15-7(2)22-17-12)16-13(19)9-6-8(18(20)21)4-5-10(9)14/h4-6,11H,3,14H2,1-2H3,(H,16,19). The lowest BCUT2D eigenvalue weighted by Gasteiger charge is -2.14. The Balaban J connectivity index is 2.24. The fourth-order valence-corrected chi connectivity index (χ4v) is 1.90. The Morgan fingerprint density at radius 1 is 1.55 bits per heavy atom. The maximum Gasteiger partial charge on any atom is 0.270 e. The maximum atomic E-state index is 12.3. The van der Waals surface area contributed by atoms with Crippen LogP contribution in [0.1, 0.15) is 41.5 Å². The van der Waals surface area contributed by atoms with Crippen LogP contribution in [0, 0.1) is 17.0 Å². The molecule has 1 atom stereocenters. The molecule has 0 spiro atoms. The summed E-state index contributed by atoms with van der Waals surface area (Å²) in [6, 6.07) is 3.24. The van der Waals surface area contributed by atoms with Crippen LogP contribution < -0.4 is 11.1 Å². The van der Waals surface area contributed by atoms with Crippen LogP contribution in [-0.2, 0) is 0 Å². The predicted octanol–water partition coefficient (Wildman–Crippen LogP) is 1.75. The number of aromatic nitrogens is 2. The van der Waals surface area contributed by atoms with Gasteiger partial charge in [-0.15, -0.1) is 0 Å². The molecule has 0 saturated heterocycles. The van der Waals surface area contributed by atoms with Crippen LogP contribution in [0.3, 0.4) is 0 Å². The molecule has 116 valence electrons. The van der Waals surface area contributed by atoms with Gasteiger partial charge < -0.3 is 15.6 Å². The number of carbonyl (C=O) groups excluding carboxylic acids is 1. The summed E-state index contributed by atoms with van der Waals surface area (Å²) in [5.41, 5.74) is 5.70. The van der Waals surface area contributed by atoms with Crippen molar-refractivity contribution in [2.45, 2.75) is 26.3 Å². The van der Waals surface area contributed by atoms with Crippen molar-refractivity contribution in [2.75, 3.05) is 5.73 Å². The Hall–Kier alpha value is -2.97. The number of anilines is 1. The van der Waals surface area contributed by atoms with E-state index in [2.05, 4.69) is 15.5 Å². The third-order valence-electron chi connectivity index (χ3n) is 3.06. The summed E-state index contributed by atoms with van der Waals surface area (Å²) >= 11 is 0. The van der Waals surface area contributed by atoms with Crippen molar-refractivity contribution < 1.29 is 14.2 Å². The Kier molecular flexibility index (Phi) is 4.35. The van der Waals surface area contributed by atoms with E-state index in [1.54, 1.807) is 6.92 Å². The molecule has 2 rings (SSSR count). The van der Waals surface area contributed by atoms with E-state index in [0.717, 1.165) is 6.07 Å². The van der Waals surface area contributed by atoms with Crippen LogP contribution in [0.15, 0.2) is 22.7 Å². The highest BCUT2D eigenvalue weighted by atomic mass is 16.6. The van der Waals surface area contributed by atoms with Gasteiger partial charge in [0.05, 0.1) is 16.5 Å². The third kappa shape index (κ3) is 3.19. The maximum absolute atomic E-state index is 12.3. The minimum absolute atomic E-state index is 0.0351. The van der Waals surface area contributed by atoms with Crippen molar-refractivity contribution in [3.63, 3.8) is 0 Å². The fourth-order valence-electron chi connectivity index (χ4n) is 1.90. The number of nitro benzene ring substituents is 1. The molecule has 1 aromatic heterocycles. The fraction of sp³-hybridized carbons (Fsp3) is 0.308. The number of benzene rings is 1. The average molecular weight is 305 g/mol. The van der Waals surface area contributed by atoms with E-state index in [1.807, 2.05) is 6.92 Å². The average Bonchev–Trinajstić information content (AvgIpc) is 2.91. The molecule has 22 heavy (non-hydrogen) atoms. The zero-order chi connectivity index (χ0) is 16.3. The van der Waals surface area contributed by atoms with Crippen LogP contribution >= 0.6 is 0 Å². The number of carbonyl (C=O) groups is 1. The second-order valence-corrected chi connectivity index (χ2v) is 4.63. The lowest BCUT2D eigenvalue weighted by molar-refractivity contribution is -0.384. The zero-order valence-electron chi connectivity index (χ0n) is 12.1. The molecule has 0 bridgehead atoms. The molecular weight excluding hydrogens is 290 g/mol. The topological polar surface area (TPSA) is 137 Å². The Bertz CT molecular complexity index is 712. The van der Waals surface area contributed by atoms with Gasteiger partial charge in [-0.25, -0.2) is 0 Å². The van der Waals surface area contributed by atoms with Crippen LogP contribution in [0.25, 0.3) is 0 Å². The van der Waals surface area contributed by atoms with Crippen LogP contribution in [0.4, 0.5) is 11.4 Å². The van der Waals surface area contributed by atoms with Crippen molar-refractivity contribution in [3.8, 4) is 0 Å². The minimum atomic E-state index is -0.587. The lowest BCUT2D eigenvalue weighted by atomic mass is 10.1. The normalized spacial score (nSPS) is 11.9. The Morgan fingerprint density at radius 3 is 2.82 bits per heavy atom. The second kappa shape index (κ2) is 6.20. The van der Waals surface area contributed by atoms with Gasteiger partial charge in [0.1, 0.15) is 0 Å². The molecule has 0 aliphatic heterocycles. The minimum Gasteiger partial charge on any atom is -0.398 e. The van der Waals surface area contributed by atoms with Gasteiger partial charge in [-0.2, -0.15) is 4.98 Å². The van der Waals surface area contributed by atoms with Crippen molar-refractivity contribution in [2.24, 2.45) is 0 Å². The summed E-state index contributed by atoms with van der Waals surface area (Å²) < 4.78 is 4.88. The number of amides is 1. The molecule has 0 radical (unpaired) electrons. The molecular formula is C13H15N5O4. The van der Waals surface area contributed by atoms with Crippen molar-refractivity contribution in [3.05, 3.63) is 45.6 Å². The van der Waals surface area contributed by atoms with Gasteiger partial charge in [0.15, 0.2) is 5.82 Å². The molecule has 1 amide bonds. The number of hydrogen-bond donors (Lipinski definition) is 2. The first-order valence-electron chi connectivity index (χ1n) is 6.57. The number of non-ortho nitro benzene ring substituents is 1. The van der Waals surface area contributed by atoms with E-state index in [9.17, 15) is 14.9 Å². The first kappa shape index (κ1) is 15.4. The van der Waals surface area contributed by atoms with Gasteiger partial charge >= 0.3 is 0 Å². The number of nitrogen functional groups attached to an aromatic ring is 1. The molecule has 0 saturated carbocycles. The zero-order valence-corrected chi connectivity index (χ0v) is 12.1. The number of rotatable bonds is 5. The predicted molar refractivity (Wildman–Crippen MR) is 77.0 cm³/mol. The molecule has 1 aromatic carbocycles. The molecule has 9 nitrogen and oxygen atoms in total. The van der Waals surface area contributed by atoms with Gasteiger partial charge in [-0.1, -0.05) is 12.1 Å². The number of nitrogens with two attached hydrogens (primary N) is 1. The van der Waals surface area contributed by atoms with E-state index in [-0.39, 0.29) is 16.9 Å². The smallest absolute Gasteiger partial charge is 0.270 e. The van der Waals surface area contributed by atoms with Gasteiger partial charge in [0.2, 0.25) is 5.89 Å². The number of nitrogens with zero attached hydrogens (tertiary/aromatic N) is 3. The van der Waals surface area contributed by atoms with E-state index in [0.29, 0.717) is 18.1 Å². The van der Waals surface area contributed by atoms with Crippen molar-refractivity contribution in [1.29, 1.82) is 0 Å². The number of nitro groups is 1. The van der Waals surface area contributed by atoms with Crippen LogP contribution in [-0.4, -0.2) is 21.0 Å². The van der Waals surface area contributed by atoms with Crippen LogP contribution in [0.2, 0.25) is 0 Å². The van der Waals surface area contributed by atoms with Gasteiger partial charge in [0, 0.05) is 24.7 Å². The molecule has 1 unspecified atom stereocenters. The second-order valence-electron chi connectivity index (χ2n) is 4.63. The highest BCUT2D eigenvalue weighted by Gasteiger charge is 2.21. The monoisotopic (exact) mass is 305 g/mol. The quantitative estimate of drug-likeness (QED) is 0.487. The summed E-state index contributed by atoms with van der Waals surface area (Å²) in [6.45, 7) is 3.48. The van der Waals surface area contributed by atoms with Gasteiger partial charge in [-0.3, -0.25) is 14.9 Å². The Morgan fingerprint density at radius 2 is 2.27 bits per heavy atom. The Labute approximate surface area is 125 Å². The van der Waals surface area contributed by atoms with E-state index in [4.69, 9.17) is 10.3 Å². The van der Waals surface area contributed by atoms with Crippen molar-refractivity contribution in [1.82, 2.24) is 15.5 Å². The third-order valence-corrected chi connectivity index (χ3v) is 3.06. The van der Waals surface area contributed by atoms with Crippen molar-refractivity contribution >= 4 is 17.3 Å².